The van der Waals surface area contributed by atoms with Gasteiger partial charge in [-0.2, -0.15) is 13.2 Å². The monoisotopic (exact) mass is 518 g/mol. The van der Waals surface area contributed by atoms with Crippen LogP contribution in [-0.4, -0.2) is 49.8 Å². The van der Waals surface area contributed by atoms with Crippen molar-refractivity contribution in [3.05, 3.63) is 53.1 Å². The maximum Gasteiger partial charge on any atom is 0.490 e. The standard InChI is InChI=1S/C21H28N2O4S.C2HF3O2/c1-5-11-23(12-6-2)19-9-8-17(14-18(19)21(24)25)22-28(26,27)20-10-7-15(3)13-16(20)4;3-2(4,5)1(6)7/h7-10,13-14,22H,5-6,11-12H2,1-4H3,(H,24,25);(H,6,7). The number of sulfonamides is 1. The maximum absolute atomic E-state index is 12.8. The van der Waals surface area contributed by atoms with Crippen LogP contribution in [0.2, 0.25) is 0 Å². The lowest BCUT2D eigenvalue weighted by molar-refractivity contribution is -0.192. The Morgan fingerprint density at radius 3 is 1.94 bits per heavy atom. The minimum absolute atomic E-state index is 0.0859. The molecule has 35 heavy (non-hydrogen) atoms. The van der Waals surface area contributed by atoms with Crippen LogP contribution in [0.1, 0.15) is 48.2 Å². The normalized spacial score (nSPS) is 11.3. The maximum atomic E-state index is 12.8. The molecule has 2 rings (SSSR count). The minimum Gasteiger partial charge on any atom is -0.478 e. The van der Waals surface area contributed by atoms with Crippen molar-refractivity contribution < 1.29 is 41.4 Å². The first-order chi connectivity index (χ1) is 16.1. The Bertz CT molecular complexity index is 1140. The lowest BCUT2D eigenvalue weighted by Crippen LogP contribution is -2.27. The highest BCUT2D eigenvalue weighted by Crippen LogP contribution is 2.27. The number of hydrogen-bond donors (Lipinski definition) is 3. The molecule has 0 unspecified atom stereocenters. The zero-order chi connectivity index (χ0) is 27.0. The van der Waals surface area contributed by atoms with Gasteiger partial charge in [0.2, 0.25) is 0 Å². The summed E-state index contributed by atoms with van der Waals surface area (Å²) in [7, 11) is -3.81. The number of alkyl halides is 3. The van der Waals surface area contributed by atoms with Crippen molar-refractivity contribution in [3.8, 4) is 0 Å². The van der Waals surface area contributed by atoms with E-state index in [1.807, 2.05) is 25.7 Å². The van der Waals surface area contributed by atoms with E-state index in [0.29, 0.717) is 11.3 Å². The second kappa shape index (κ2) is 12.4. The van der Waals surface area contributed by atoms with Crippen LogP contribution >= 0.6 is 0 Å². The van der Waals surface area contributed by atoms with Gasteiger partial charge in [0.15, 0.2) is 0 Å². The number of rotatable bonds is 9. The smallest absolute Gasteiger partial charge is 0.478 e. The van der Waals surface area contributed by atoms with Gasteiger partial charge >= 0.3 is 18.1 Å². The lowest BCUT2D eigenvalue weighted by Gasteiger charge is -2.25. The van der Waals surface area contributed by atoms with E-state index in [4.69, 9.17) is 9.90 Å². The Kier molecular flexibility index (Phi) is 10.6. The molecule has 0 aliphatic heterocycles. The topological polar surface area (TPSA) is 124 Å². The number of halogens is 3. The van der Waals surface area contributed by atoms with Crippen molar-refractivity contribution >= 4 is 33.3 Å². The number of aryl methyl sites for hydroxylation is 2. The van der Waals surface area contributed by atoms with E-state index >= 15 is 0 Å². The number of benzene rings is 2. The van der Waals surface area contributed by atoms with E-state index in [-0.39, 0.29) is 16.1 Å². The first-order valence-corrected chi connectivity index (χ1v) is 12.1. The lowest BCUT2D eigenvalue weighted by atomic mass is 10.1. The summed E-state index contributed by atoms with van der Waals surface area (Å²) in [4.78, 5) is 22.9. The van der Waals surface area contributed by atoms with Crippen molar-refractivity contribution in [2.45, 2.75) is 51.6 Å². The van der Waals surface area contributed by atoms with Gasteiger partial charge in [0.25, 0.3) is 10.0 Å². The predicted octanol–water partition coefficient (Wildman–Crippen LogP) is 5.06. The third-order valence-electron chi connectivity index (χ3n) is 4.67. The van der Waals surface area contributed by atoms with Gasteiger partial charge in [-0.05, 0) is 56.5 Å². The van der Waals surface area contributed by atoms with E-state index in [0.717, 1.165) is 31.5 Å². The second-order valence-electron chi connectivity index (χ2n) is 7.70. The number of nitrogens with zero attached hydrogens (tertiary/aromatic N) is 1. The van der Waals surface area contributed by atoms with Gasteiger partial charge < -0.3 is 15.1 Å². The Morgan fingerprint density at radius 2 is 1.51 bits per heavy atom. The van der Waals surface area contributed by atoms with Crippen LogP contribution in [0.5, 0.6) is 0 Å². The summed E-state index contributed by atoms with van der Waals surface area (Å²) in [6, 6.07) is 9.77. The van der Waals surface area contributed by atoms with Gasteiger partial charge in [0.1, 0.15) is 0 Å². The molecule has 3 N–H and O–H groups in total. The van der Waals surface area contributed by atoms with Crippen LogP contribution < -0.4 is 9.62 Å². The summed E-state index contributed by atoms with van der Waals surface area (Å²) in [6.45, 7) is 9.18. The minimum atomic E-state index is -5.08. The van der Waals surface area contributed by atoms with E-state index in [9.17, 15) is 31.5 Å². The molecule has 0 amide bonds. The van der Waals surface area contributed by atoms with Crippen molar-refractivity contribution in [2.75, 3.05) is 22.7 Å². The average molecular weight is 519 g/mol. The van der Waals surface area contributed by atoms with Gasteiger partial charge in [-0.25, -0.2) is 18.0 Å². The summed E-state index contributed by atoms with van der Waals surface area (Å²) < 4.78 is 59.8. The highest BCUT2D eigenvalue weighted by atomic mass is 32.2. The molecule has 0 heterocycles. The Morgan fingerprint density at radius 1 is 0.971 bits per heavy atom. The second-order valence-corrected chi connectivity index (χ2v) is 9.35. The van der Waals surface area contributed by atoms with Crippen molar-refractivity contribution in [2.24, 2.45) is 0 Å². The van der Waals surface area contributed by atoms with Crippen LogP contribution in [0, 0.1) is 13.8 Å². The summed E-state index contributed by atoms with van der Waals surface area (Å²) in [6.07, 6.45) is -3.31. The zero-order valence-corrected chi connectivity index (χ0v) is 20.6. The number of carbonyl (C=O) groups is 2. The van der Waals surface area contributed by atoms with Crippen LogP contribution in [0.25, 0.3) is 0 Å². The number of hydrogen-bond acceptors (Lipinski definition) is 5. The molecule has 0 aromatic heterocycles. The Balaban J connectivity index is 0.000000762. The quantitative estimate of drug-likeness (QED) is 0.424. The van der Waals surface area contributed by atoms with Crippen molar-refractivity contribution in [1.82, 2.24) is 0 Å². The molecular weight excluding hydrogens is 489 g/mol. The molecule has 194 valence electrons. The zero-order valence-electron chi connectivity index (χ0n) is 19.8. The Hall–Kier alpha value is -3.28. The van der Waals surface area contributed by atoms with Crippen molar-refractivity contribution in [3.63, 3.8) is 0 Å². The average Bonchev–Trinajstić information content (AvgIpc) is 2.72. The largest absolute Gasteiger partial charge is 0.490 e. The molecule has 8 nitrogen and oxygen atoms in total. The molecule has 0 saturated heterocycles. The molecule has 0 bridgehead atoms. The third kappa shape index (κ3) is 8.78. The van der Waals surface area contributed by atoms with Crippen LogP contribution in [0.3, 0.4) is 0 Å². The number of aliphatic carboxylic acids is 1. The van der Waals surface area contributed by atoms with E-state index < -0.39 is 28.1 Å². The molecule has 0 aliphatic carbocycles. The first-order valence-electron chi connectivity index (χ1n) is 10.7. The number of carboxylic acids is 2. The number of anilines is 2. The molecule has 0 saturated carbocycles. The van der Waals surface area contributed by atoms with Crippen molar-refractivity contribution in [1.29, 1.82) is 0 Å². The van der Waals surface area contributed by atoms with Crippen LogP contribution in [0.4, 0.5) is 24.5 Å². The summed E-state index contributed by atoms with van der Waals surface area (Å²) in [5, 5.41) is 16.8. The highest BCUT2D eigenvalue weighted by molar-refractivity contribution is 7.92. The van der Waals surface area contributed by atoms with E-state index in [1.165, 1.54) is 6.07 Å². The summed E-state index contributed by atoms with van der Waals surface area (Å²) in [5.41, 5.74) is 2.53. The first kappa shape index (κ1) is 29.8. The number of nitrogens with one attached hydrogen (secondary N) is 1. The fourth-order valence-electron chi connectivity index (χ4n) is 3.25. The van der Waals surface area contributed by atoms with Crippen LogP contribution in [0.15, 0.2) is 41.3 Å². The Labute approximate surface area is 202 Å². The number of aromatic carboxylic acids is 1. The van der Waals surface area contributed by atoms with Crippen LogP contribution in [-0.2, 0) is 14.8 Å². The summed E-state index contributed by atoms with van der Waals surface area (Å²) >= 11 is 0. The molecule has 2 aromatic carbocycles. The van der Waals surface area contributed by atoms with Gasteiger partial charge in [-0.3, -0.25) is 4.72 Å². The van der Waals surface area contributed by atoms with Gasteiger partial charge in [-0.15, -0.1) is 0 Å². The SMILES string of the molecule is CCCN(CCC)c1ccc(NS(=O)(=O)c2ccc(C)cc2C)cc1C(=O)O.O=C(O)C(F)(F)F. The fraction of sp³-hybridized carbons (Fsp3) is 0.391. The molecule has 0 radical (unpaired) electrons. The summed E-state index contributed by atoms with van der Waals surface area (Å²) in [5.74, 6) is -3.84. The van der Waals surface area contributed by atoms with Gasteiger partial charge in [-0.1, -0.05) is 31.5 Å². The molecule has 0 spiro atoms. The molecule has 12 heteroatoms. The highest BCUT2D eigenvalue weighted by Gasteiger charge is 2.38. The molecular formula is C23H29F3N2O6S. The third-order valence-corrected chi connectivity index (χ3v) is 6.21. The van der Waals surface area contributed by atoms with Gasteiger partial charge in [0.05, 0.1) is 16.1 Å². The predicted molar refractivity (Wildman–Crippen MR) is 127 cm³/mol. The van der Waals surface area contributed by atoms with Gasteiger partial charge in [0, 0.05) is 18.8 Å². The fourth-order valence-corrected chi connectivity index (χ4v) is 4.53. The molecule has 0 fully saturated rings. The van der Waals surface area contributed by atoms with E-state index in [1.54, 1.807) is 37.3 Å². The number of carboxylic acid groups (broad SMARTS) is 2. The molecule has 0 aliphatic rings. The van der Waals surface area contributed by atoms with E-state index in [2.05, 4.69) is 4.72 Å². The molecule has 2 aromatic rings. The molecule has 0 atom stereocenters.